The number of hydrogen-bond acceptors (Lipinski definition) is 2. The Balaban J connectivity index is 1.90. The van der Waals surface area contributed by atoms with Crippen molar-refractivity contribution in [2.45, 2.75) is 18.9 Å². The minimum Gasteiger partial charge on any atom is -0.493 e. The van der Waals surface area contributed by atoms with E-state index in [1.54, 1.807) is 18.2 Å². The van der Waals surface area contributed by atoms with Crippen molar-refractivity contribution in [2.75, 3.05) is 6.61 Å². The Labute approximate surface area is 125 Å². The molecule has 0 radical (unpaired) electrons. The van der Waals surface area contributed by atoms with E-state index in [1.165, 1.54) is 6.07 Å². The van der Waals surface area contributed by atoms with Gasteiger partial charge in [-0.2, -0.15) is 0 Å². The molecule has 2 nitrogen and oxygen atoms in total. The van der Waals surface area contributed by atoms with E-state index in [2.05, 4.69) is 15.9 Å². The van der Waals surface area contributed by atoms with Gasteiger partial charge in [-0.1, -0.05) is 34.1 Å². The Hall–Kier alpha value is -1.39. The maximum atomic E-state index is 13.7. The average molecular weight is 337 g/mol. The maximum Gasteiger partial charge on any atom is 0.129 e. The Morgan fingerprint density at radius 3 is 2.90 bits per heavy atom. The van der Waals surface area contributed by atoms with E-state index < -0.39 is 6.10 Å². The van der Waals surface area contributed by atoms with Crippen molar-refractivity contribution in [3.05, 3.63) is 63.4 Å². The van der Waals surface area contributed by atoms with Crippen LogP contribution < -0.4 is 4.74 Å². The lowest BCUT2D eigenvalue weighted by Crippen LogP contribution is -2.05. The van der Waals surface area contributed by atoms with Crippen molar-refractivity contribution in [3.63, 3.8) is 0 Å². The highest BCUT2D eigenvalue weighted by molar-refractivity contribution is 9.10. The van der Waals surface area contributed by atoms with Gasteiger partial charge in [0.15, 0.2) is 0 Å². The van der Waals surface area contributed by atoms with Crippen LogP contribution in [0.4, 0.5) is 4.39 Å². The molecule has 1 atom stereocenters. The monoisotopic (exact) mass is 336 g/mol. The maximum absolute atomic E-state index is 13.7. The second-order valence-electron chi connectivity index (χ2n) is 4.89. The van der Waals surface area contributed by atoms with Gasteiger partial charge in [-0.15, -0.1) is 0 Å². The first-order valence-corrected chi connectivity index (χ1v) is 7.31. The third-order valence-corrected chi connectivity index (χ3v) is 3.96. The van der Waals surface area contributed by atoms with Gasteiger partial charge in [0.25, 0.3) is 0 Å². The van der Waals surface area contributed by atoms with Crippen LogP contribution in [0.2, 0.25) is 0 Å². The Morgan fingerprint density at radius 2 is 2.10 bits per heavy atom. The van der Waals surface area contributed by atoms with Gasteiger partial charge in [0.2, 0.25) is 0 Å². The number of aliphatic hydroxyl groups excluding tert-OH is 1. The Kier molecular flexibility index (Phi) is 3.76. The molecule has 0 amide bonds. The van der Waals surface area contributed by atoms with Crippen LogP contribution in [0.25, 0.3) is 0 Å². The summed E-state index contributed by atoms with van der Waals surface area (Å²) in [6.07, 6.45) is 0.332. The highest BCUT2D eigenvalue weighted by atomic mass is 79.9. The van der Waals surface area contributed by atoms with Crippen LogP contribution in [-0.2, 0) is 12.8 Å². The quantitative estimate of drug-likeness (QED) is 0.923. The molecule has 4 heteroatoms. The third-order valence-electron chi connectivity index (χ3n) is 3.50. The van der Waals surface area contributed by atoms with Crippen LogP contribution in [0.1, 0.15) is 22.8 Å². The summed E-state index contributed by atoms with van der Waals surface area (Å²) in [6, 6.07) is 10.3. The largest absolute Gasteiger partial charge is 0.493 e. The molecule has 0 saturated carbocycles. The topological polar surface area (TPSA) is 29.5 Å². The smallest absolute Gasteiger partial charge is 0.129 e. The first kappa shape index (κ1) is 13.6. The fourth-order valence-corrected chi connectivity index (χ4v) is 3.11. The molecule has 1 heterocycles. The molecular formula is C16H14BrFO2. The van der Waals surface area contributed by atoms with E-state index in [9.17, 15) is 9.50 Å². The van der Waals surface area contributed by atoms with Gasteiger partial charge < -0.3 is 9.84 Å². The van der Waals surface area contributed by atoms with E-state index in [1.807, 2.05) is 12.1 Å². The molecule has 3 rings (SSSR count). The van der Waals surface area contributed by atoms with Gasteiger partial charge in [0, 0.05) is 22.9 Å². The molecule has 0 aromatic heterocycles. The standard InChI is InChI=1S/C16H14BrFO2/c17-12-7-10-5-6-20-16(10)11(8-12)9-15(19)13-3-1-2-4-14(13)18/h1-4,7-8,15,19H,5-6,9H2. The molecule has 0 aliphatic carbocycles. The Bertz CT molecular complexity index is 642. The van der Waals surface area contributed by atoms with E-state index in [-0.39, 0.29) is 5.82 Å². The van der Waals surface area contributed by atoms with Crippen molar-refractivity contribution in [3.8, 4) is 5.75 Å². The van der Waals surface area contributed by atoms with Crippen molar-refractivity contribution in [1.29, 1.82) is 0 Å². The number of ether oxygens (including phenoxy) is 1. The van der Waals surface area contributed by atoms with E-state index in [0.717, 1.165) is 27.8 Å². The number of hydrogen-bond donors (Lipinski definition) is 1. The van der Waals surface area contributed by atoms with Gasteiger partial charge in [-0.05, 0) is 29.3 Å². The zero-order valence-corrected chi connectivity index (χ0v) is 12.4. The van der Waals surface area contributed by atoms with Gasteiger partial charge in [-0.25, -0.2) is 4.39 Å². The summed E-state index contributed by atoms with van der Waals surface area (Å²) in [5.41, 5.74) is 2.36. The fraction of sp³-hybridized carbons (Fsp3) is 0.250. The number of fused-ring (bicyclic) bond motifs is 1. The number of rotatable bonds is 3. The predicted molar refractivity (Wildman–Crippen MR) is 78.4 cm³/mol. The molecule has 1 N–H and O–H groups in total. The summed E-state index contributed by atoms with van der Waals surface area (Å²) in [5.74, 6) is 0.455. The number of benzene rings is 2. The minimum atomic E-state index is -0.876. The Morgan fingerprint density at radius 1 is 1.30 bits per heavy atom. The van der Waals surface area contributed by atoms with Gasteiger partial charge in [0.05, 0.1) is 12.7 Å². The molecule has 1 aliphatic rings. The van der Waals surface area contributed by atoms with Crippen LogP contribution in [0.3, 0.4) is 0 Å². The molecule has 0 saturated heterocycles. The SMILES string of the molecule is OC(Cc1cc(Br)cc2c1OCC2)c1ccccc1F. The van der Waals surface area contributed by atoms with Gasteiger partial charge >= 0.3 is 0 Å². The lowest BCUT2D eigenvalue weighted by Gasteiger charge is -2.15. The molecule has 2 aromatic rings. The lowest BCUT2D eigenvalue weighted by molar-refractivity contribution is 0.172. The van der Waals surface area contributed by atoms with Crippen molar-refractivity contribution < 1.29 is 14.2 Å². The summed E-state index contributed by atoms with van der Waals surface area (Å²) in [7, 11) is 0. The molecular weight excluding hydrogens is 323 g/mol. The highest BCUT2D eigenvalue weighted by Crippen LogP contribution is 2.35. The number of halogens is 2. The van der Waals surface area contributed by atoms with Crippen molar-refractivity contribution in [2.24, 2.45) is 0 Å². The molecule has 0 fully saturated rings. The summed E-state index contributed by atoms with van der Waals surface area (Å²) >= 11 is 3.47. The summed E-state index contributed by atoms with van der Waals surface area (Å²) < 4.78 is 20.3. The zero-order chi connectivity index (χ0) is 14.1. The molecule has 20 heavy (non-hydrogen) atoms. The first-order valence-electron chi connectivity index (χ1n) is 6.52. The van der Waals surface area contributed by atoms with E-state index in [4.69, 9.17) is 4.74 Å². The lowest BCUT2D eigenvalue weighted by atomic mass is 9.98. The van der Waals surface area contributed by atoms with Crippen molar-refractivity contribution in [1.82, 2.24) is 0 Å². The normalized spacial score (nSPS) is 14.8. The zero-order valence-electron chi connectivity index (χ0n) is 10.8. The van der Waals surface area contributed by atoms with E-state index >= 15 is 0 Å². The molecule has 0 spiro atoms. The summed E-state index contributed by atoms with van der Waals surface area (Å²) in [6.45, 7) is 0.661. The van der Waals surface area contributed by atoms with Crippen LogP contribution >= 0.6 is 15.9 Å². The fourth-order valence-electron chi connectivity index (χ4n) is 2.56. The summed E-state index contributed by atoms with van der Waals surface area (Å²) in [5, 5.41) is 10.3. The highest BCUT2D eigenvalue weighted by Gasteiger charge is 2.21. The summed E-state index contributed by atoms with van der Waals surface area (Å²) in [4.78, 5) is 0. The van der Waals surface area contributed by atoms with Crippen molar-refractivity contribution >= 4 is 15.9 Å². The van der Waals surface area contributed by atoms with Crippen LogP contribution in [0, 0.1) is 5.82 Å². The second-order valence-corrected chi connectivity index (χ2v) is 5.81. The third kappa shape index (κ3) is 2.58. The number of aliphatic hydroxyl groups is 1. The predicted octanol–water partition coefficient (Wildman–Crippen LogP) is 3.80. The average Bonchev–Trinajstić information content (AvgIpc) is 2.87. The second kappa shape index (κ2) is 5.54. The molecule has 0 bridgehead atoms. The molecule has 1 aliphatic heterocycles. The van der Waals surface area contributed by atoms with Crippen LogP contribution in [0.5, 0.6) is 5.75 Å². The van der Waals surface area contributed by atoms with Crippen LogP contribution in [-0.4, -0.2) is 11.7 Å². The van der Waals surface area contributed by atoms with Gasteiger partial charge in [0.1, 0.15) is 11.6 Å². The molecule has 104 valence electrons. The molecule has 2 aromatic carbocycles. The van der Waals surface area contributed by atoms with Crippen LogP contribution in [0.15, 0.2) is 40.9 Å². The van der Waals surface area contributed by atoms with E-state index in [0.29, 0.717) is 18.6 Å². The minimum absolute atomic E-state index is 0.319. The molecule has 1 unspecified atom stereocenters. The van der Waals surface area contributed by atoms with Gasteiger partial charge in [-0.3, -0.25) is 0 Å². The first-order chi connectivity index (χ1) is 9.65.